The van der Waals surface area contributed by atoms with Crippen molar-refractivity contribution in [3.8, 4) is 0 Å². The molecule has 2 radical (unpaired) electrons. The first-order valence-electron chi connectivity index (χ1n) is 0. The summed E-state index contributed by atoms with van der Waals surface area (Å²) in [5, 5.41) is 0. The van der Waals surface area contributed by atoms with E-state index >= 15 is 0 Å². The van der Waals surface area contributed by atoms with Gasteiger partial charge in [0.25, 0.3) is 0 Å². The van der Waals surface area contributed by atoms with E-state index in [0.717, 1.165) is 0 Å². The molecule has 0 saturated heterocycles. The molecule has 42 valence electrons. The molecule has 0 N–H and O–H groups in total. The Kier molecular flexibility index (Phi) is 303. The van der Waals surface area contributed by atoms with Crippen LogP contribution in [0.1, 0.15) is 0 Å². The summed E-state index contributed by atoms with van der Waals surface area (Å²) < 4.78 is 0. The van der Waals surface area contributed by atoms with Crippen molar-refractivity contribution in [3.63, 3.8) is 0 Å². The molecule has 0 nitrogen and oxygen atoms in total. The van der Waals surface area contributed by atoms with Gasteiger partial charge in [0.1, 0.15) is 0 Å². The Morgan fingerprint density at radius 2 is 1.00 bits per heavy atom. The molecule has 0 aromatic carbocycles. The van der Waals surface area contributed by atoms with Crippen molar-refractivity contribution in [2.45, 2.75) is 0 Å². The molecule has 0 fully saturated rings. The van der Waals surface area contributed by atoms with Crippen LogP contribution in [0.2, 0.25) is 0 Å². The molecule has 5 heavy (non-hydrogen) atoms. The minimum absolute atomic E-state index is 0. The van der Waals surface area contributed by atoms with Crippen molar-refractivity contribution in [2.24, 2.45) is 0 Å². The van der Waals surface area contributed by atoms with Gasteiger partial charge >= 0.3 is 0 Å². The zero-order valence-electron chi connectivity index (χ0n) is 1.76. The normalized spacial score (nSPS) is 0. The Hall–Kier alpha value is 2.58. The van der Waals surface area contributed by atoms with Gasteiger partial charge < -0.3 is 0 Å². The van der Waals surface area contributed by atoms with Crippen molar-refractivity contribution in [2.75, 3.05) is 0 Å². The fourth-order valence-corrected chi connectivity index (χ4v) is 0. The van der Waals surface area contributed by atoms with E-state index in [1.807, 2.05) is 0 Å². The van der Waals surface area contributed by atoms with Gasteiger partial charge in [0.15, 0.2) is 0 Å². The van der Waals surface area contributed by atoms with Crippen LogP contribution < -0.4 is 0 Å². The Labute approximate surface area is 84.1 Å². The first-order chi connectivity index (χ1) is 0. The van der Waals surface area contributed by atoms with E-state index in [9.17, 15) is 0 Å². The second kappa shape index (κ2) is 30.7. The van der Waals surface area contributed by atoms with Crippen LogP contribution in [0.5, 0.6) is 0 Å². The van der Waals surface area contributed by atoms with E-state index in [2.05, 4.69) is 0 Å². The Bertz CT molecular complexity index is 11.6. The van der Waals surface area contributed by atoms with Crippen LogP contribution in [-0.2, 0) is 85.1 Å². The Morgan fingerprint density at radius 3 is 1.00 bits per heavy atom. The third-order valence-corrected chi connectivity index (χ3v) is 0. The molecule has 0 amide bonds. The molecule has 0 spiro atoms. The monoisotopic (exact) mass is 284 g/mol. The second-order valence-electron chi connectivity index (χ2n) is 0. The minimum Gasteiger partial charge on any atom is 0 e. The quantitative estimate of drug-likeness (QED) is 0.549. The summed E-state index contributed by atoms with van der Waals surface area (Å²) in [6, 6.07) is 0. The van der Waals surface area contributed by atoms with Crippen LogP contribution in [0.25, 0.3) is 0 Å². The third-order valence-electron chi connectivity index (χ3n) is 0. The van der Waals surface area contributed by atoms with Gasteiger partial charge in [0.05, 0.1) is 0 Å². The average molecular weight is 285 g/mol. The van der Waals surface area contributed by atoms with Crippen molar-refractivity contribution in [1.82, 2.24) is 0 Å². The smallest absolute Gasteiger partial charge is 0 e. The summed E-state index contributed by atoms with van der Waals surface area (Å²) in [4.78, 5) is 0. The molecule has 0 heterocycles. The largest absolute Gasteiger partial charge is 0 e. The zero-order chi connectivity index (χ0) is 0. The van der Waals surface area contributed by atoms with E-state index in [0.29, 0.717) is 0 Å². The van der Waals surface area contributed by atoms with Crippen LogP contribution in [0.15, 0.2) is 0 Å². The Balaban J connectivity index is 0. The van der Waals surface area contributed by atoms with Crippen LogP contribution in [-0.4, -0.2) is 0 Å². The Morgan fingerprint density at radius 1 is 1.00 bits per heavy atom. The fraction of sp³-hybridized carbons (Fsp3) is 0. The summed E-state index contributed by atoms with van der Waals surface area (Å²) in [6.45, 7) is 0. The predicted molar refractivity (Wildman–Crippen MR) is 0 cm³/mol. The summed E-state index contributed by atoms with van der Waals surface area (Å²) in [5.74, 6) is 0. The minimum atomic E-state index is 0. The van der Waals surface area contributed by atoms with Gasteiger partial charge in [-0.1, -0.05) is 0 Å². The zero-order valence-corrected chi connectivity index (χ0v) is 7.25. The second-order valence-corrected chi connectivity index (χ2v) is 0. The molecule has 0 aromatic heterocycles. The SMILES string of the molecule is [Cr].[Cu].[Fe].[Mn].[Ni]. The molecular formula is CrCuFeMnNi. The van der Waals surface area contributed by atoms with Gasteiger partial charge in [0.2, 0.25) is 0 Å². The summed E-state index contributed by atoms with van der Waals surface area (Å²) in [5.41, 5.74) is 0. The molecule has 0 bridgehead atoms. The van der Waals surface area contributed by atoms with E-state index < -0.39 is 0 Å². The fourth-order valence-electron chi connectivity index (χ4n) is 0. The maximum absolute atomic E-state index is 0. The molecule has 0 atom stereocenters. The van der Waals surface area contributed by atoms with E-state index in [-0.39, 0.29) is 85.1 Å². The first-order valence-corrected chi connectivity index (χ1v) is 0. The van der Waals surface area contributed by atoms with E-state index in [1.165, 1.54) is 0 Å². The van der Waals surface area contributed by atoms with E-state index in [4.69, 9.17) is 0 Å². The summed E-state index contributed by atoms with van der Waals surface area (Å²) in [6.07, 6.45) is 0. The molecule has 0 unspecified atom stereocenters. The summed E-state index contributed by atoms with van der Waals surface area (Å²) in [7, 11) is 0. The maximum Gasteiger partial charge on any atom is 0 e. The molecule has 0 aliphatic heterocycles. The molecule has 0 aliphatic carbocycles. The van der Waals surface area contributed by atoms with Gasteiger partial charge in [-0.25, -0.2) is 0 Å². The van der Waals surface area contributed by atoms with Crippen LogP contribution >= 0.6 is 0 Å². The molecular weight excluding hydrogens is 285 g/mol. The van der Waals surface area contributed by atoms with E-state index in [1.54, 1.807) is 0 Å². The predicted octanol–water partition coefficient (Wildman–Crippen LogP) is -0.0125. The molecule has 5 heteroatoms. The molecule has 0 rings (SSSR count). The topological polar surface area (TPSA) is 0 Å². The van der Waals surface area contributed by atoms with Gasteiger partial charge in [-0.05, 0) is 0 Å². The van der Waals surface area contributed by atoms with Gasteiger partial charge in [-0.15, -0.1) is 0 Å². The first kappa shape index (κ1) is 49.2. The van der Waals surface area contributed by atoms with Gasteiger partial charge in [-0.3, -0.25) is 0 Å². The number of hydrogen-bond donors (Lipinski definition) is 0. The van der Waals surface area contributed by atoms with Crippen LogP contribution in [0.4, 0.5) is 0 Å². The third kappa shape index (κ3) is 20.7. The van der Waals surface area contributed by atoms with Crippen molar-refractivity contribution >= 4 is 0 Å². The average Bonchev–Trinajstić information content (AvgIpc) is 0. The van der Waals surface area contributed by atoms with Gasteiger partial charge in [-0.2, -0.15) is 0 Å². The standard InChI is InChI=1S/Cr.Cu.Fe.Mn.Ni. The molecule has 0 aliphatic rings. The van der Waals surface area contributed by atoms with Gasteiger partial charge in [0, 0.05) is 85.1 Å². The van der Waals surface area contributed by atoms with Crippen LogP contribution in [0, 0.1) is 0 Å². The van der Waals surface area contributed by atoms with Crippen molar-refractivity contribution in [1.29, 1.82) is 0 Å². The molecule has 0 aromatic rings. The van der Waals surface area contributed by atoms with Crippen molar-refractivity contribution < 1.29 is 85.1 Å². The maximum atomic E-state index is 0. The number of hydrogen-bond acceptors (Lipinski definition) is 0. The van der Waals surface area contributed by atoms with Crippen molar-refractivity contribution in [3.05, 3.63) is 0 Å². The summed E-state index contributed by atoms with van der Waals surface area (Å²) >= 11 is 0. The van der Waals surface area contributed by atoms with Crippen LogP contribution in [0.3, 0.4) is 0 Å². The molecule has 0 saturated carbocycles. The number of rotatable bonds is 0.